The summed E-state index contributed by atoms with van der Waals surface area (Å²) in [4.78, 5) is 14.4. The van der Waals surface area contributed by atoms with Gasteiger partial charge in [0.05, 0.1) is 0 Å². The summed E-state index contributed by atoms with van der Waals surface area (Å²) in [5, 5.41) is 1.24. The van der Waals surface area contributed by atoms with Gasteiger partial charge in [0.25, 0.3) is 5.91 Å². The number of carbonyl (C=O) groups is 1. The number of piperazine rings is 1. The molecule has 0 unspecified atom stereocenters. The fourth-order valence-corrected chi connectivity index (χ4v) is 4.33. The van der Waals surface area contributed by atoms with E-state index in [1.54, 1.807) is 11.0 Å². The lowest BCUT2D eigenvalue weighted by atomic mass is 10.0. The summed E-state index contributed by atoms with van der Waals surface area (Å²) in [6.07, 6.45) is 1.60. The summed E-state index contributed by atoms with van der Waals surface area (Å²) in [7, 11) is -3.50. The number of carbonyl (C=O) groups excluding carboxylic acids is 1. The van der Waals surface area contributed by atoms with Crippen molar-refractivity contribution < 1.29 is 13.2 Å². The first-order chi connectivity index (χ1) is 13.4. The molecule has 1 aliphatic rings. The molecule has 3 rings (SSSR count). The summed E-state index contributed by atoms with van der Waals surface area (Å²) in [6.45, 7) is 5.62. The van der Waals surface area contributed by atoms with Crippen LogP contribution in [-0.4, -0.2) is 49.7 Å². The molecule has 0 spiro atoms. The Bertz CT molecular complexity index is 928. The van der Waals surface area contributed by atoms with Crippen LogP contribution in [0.25, 0.3) is 6.08 Å². The number of amides is 1. The van der Waals surface area contributed by atoms with E-state index in [-0.39, 0.29) is 5.91 Å². The van der Waals surface area contributed by atoms with Crippen molar-refractivity contribution in [1.29, 1.82) is 0 Å². The van der Waals surface area contributed by atoms with Gasteiger partial charge in [-0.2, -0.15) is 4.31 Å². The van der Waals surface area contributed by atoms with Crippen LogP contribution >= 0.6 is 0 Å². The molecule has 0 aliphatic carbocycles. The average molecular weight is 399 g/mol. The van der Waals surface area contributed by atoms with Gasteiger partial charge >= 0.3 is 0 Å². The first kappa shape index (κ1) is 20.3. The number of rotatable bonds is 5. The number of hydrogen-bond donors (Lipinski definition) is 0. The lowest BCUT2D eigenvalue weighted by Crippen LogP contribution is -2.50. The van der Waals surface area contributed by atoms with Gasteiger partial charge in [-0.25, -0.2) is 8.42 Å². The van der Waals surface area contributed by atoms with Gasteiger partial charge < -0.3 is 4.90 Å². The number of hydrogen-bond acceptors (Lipinski definition) is 3. The molecule has 2 aromatic carbocycles. The molecular formula is C22H26N2O3S. The van der Waals surface area contributed by atoms with E-state index in [2.05, 4.69) is 13.8 Å². The third kappa shape index (κ3) is 4.88. The van der Waals surface area contributed by atoms with Gasteiger partial charge in [0.1, 0.15) is 0 Å². The highest BCUT2D eigenvalue weighted by molar-refractivity contribution is 7.92. The molecule has 1 amide bonds. The van der Waals surface area contributed by atoms with E-state index in [0.29, 0.717) is 37.7 Å². The predicted molar refractivity (Wildman–Crippen MR) is 112 cm³/mol. The summed E-state index contributed by atoms with van der Waals surface area (Å²) in [5.74, 6) is 0.369. The van der Waals surface area contributed by atoms with Gasteiger partial charge in [0.2, 0.25) is 10.0 Å². The van der Waals surface area contributed by atoms with Crippen molar-refractivity contribution in [3.8, 4) is 0 Å². The van der Waals surface area contributed by atoms with Gasteiger partial charge in [0.15, 0.2) is 0 Å². The van der Waals surface area contributed by atoms with Crippen LogP contribution in [0.3, 0.4) is 0 Å². The van der Waals surface area contributed by atoms with Gasteiger partial charge in [0, 0.05) is 37.2 Å². The van der Waals surface area contributed by atoms with Crippen LogP contribution in [0.4, 0.5) is 0 Å². The van der Waals surface area contributed by atoms with Crippen LogP contribution in [0, 0.1) is 0 Å². The second-order valence-electron chi connectivity index (χ2n) is 7.23. The standard InChI is InChI=1S/C22H26N2O3S/c1-18(2)20-8-10-21(11-9-20)22(25)23-13-15-24(16-14-23)28(26,27)17-12-19-6-4-3-5-7-19/h3-12,17-18H,13-16H2,1-2H3. The maximum absolute atomic E-state index is 12.7. The van der Waals surface area contributed by atoms with E-state index in [0.717, 1.165) is 5.56 Å². The molecule has 0 radical (unpaired) electrons. The Morgan fingerprint density at radius 3 is 2.11 bits per heavy atom. The molecule has 0 N–H and O–H groups in total. The van der Waals surface area contributed by atoms with Crippen LogP contribution in [0.1, 0.15) is 41.3 Å². The number of benzene rings is 2. The molecule has 1 saturated heterocycles. The van der Waals surface area contributed by atoms with E-state index in [1.165, 1.54) is 15.3 Å². The van der Waals surface area contributed by atoms with E-state index in [4.69, 9.17) is 0 Å². The third-order valence-corrected chi connectivity index (χ3v) is 6.51. The molecular weight excluding hydrogens is 372 g/mol. The normalized spacial score (nSPS) is 16.0. The van der Waals surface area contributed by atoms with Crippen LogP contribution < -0.4 is 0 Å². The minimum absolute atomic E-state index is 0.0489. The summed E-state index contributed by atoms with van der Waals surface area (Å²) in [5.41, 5.74) is 2.67. The number of nitrogens with zero attached hydrogens (tertiary/aromatic N) is 2. The molecule has 6 heteroatoms. The highest BCUT2D eigenvalue weighted by Gasteiger charge is 2.27. The Kier molecular flexibility index (Phi) is 6.31. The Balaban J connectivity index is 1.60. The van der Waals surface area contributed by atoms with Crippen LogP contribution in [-0.2, 0) is 10.0 Å². The SMILES string of the molecule is CC(C)c1ccc(C(=O)N2CCN(S(=O)(=O)C=Cc3ccccc3)CC2)cc1. The lowest BCUT2D eigenvalue weighted by Gasteiger charge is -2.33. The van der Waals surface area contributed by atoms with Crippen molar-refractivity contribution in [3.63, 3.8) is 0 Å². The molecule has 0 bridgehead atoms. The molecule has 0 saturated carbocycles. The predicted octanol–water partition coefficient (Wildman–Crippen LogP) is 3.57. The van der Waals surface area contributed by atoms with Crippen molar-refractivity contribution in [2.45, 2.75) is 19.8 Å². The molecule has 2 aromatic rings. The Morgan fingerprint density at radius 1 is 0.929 bits per heavy atom. The molecule has 148 valence electrons. The number of sulfonamides is 1. The summed E-state index contributed by atoms with van der Waals surface area (Å²) in [6, 6.07) is 17.0. The molecule has 1 fully saturated rings. The first-order valence-electron chi connectivity index (χ1n) is 9.49. The second kappa shape index (κ2) is 8.71. The topological polar surface area (TPSA) is 57.7 Å². The van der Waals surface area contributed by atoms with Gasteiger partial charge in [-0.05, 0) is 35.3 Å². The minimum atomic E-state index is -3.50. The molecule has 28 heavy (non-hydrogen) atoms. The zero-order valence-electron chi connectivity index (χ0n) is 16.3. The van der Waals surface area contributed by atoms with Crippen LogP contribution in [0.15, 0.2) is 60.0 Å². The quantitative estimate of drug-likeness (QED) is 0.774. The van der Waals surface area contributed by atoms with Gasteiger partial charge in [-0.1, -0.05) is 56.3 Å². The zero-order valence-corrected chi connectivity index (χ0v) is 17.1. The summed E-state index contributed by atoms with van der Waals surface area (Å²) >= 11 is 0. The van der Waals surface area contributed by atoms with Crippen LogP contribution in [0.2, 0.25) is 0 Å². The third-order valence-electron chi connectivity index (χ3n) is 4.94. The smallest absolute Gasteiger partial charge is 0.253 e. The minimum Gasteiger partial charge on any atom is -0.336 e. The molecule has 5 nitrogen and oxygen atoms in total. The van der Waals surface area contributed by atoms with Crippen LogP contribution in [0.5, 0.6) is 0 Å². The molecule has 0 aromatic heterocycles. The molecule has 1 heterocycles. The second-order valence-corrected chi connectivity index (χ2v) is 9.04. The fraction of sp³-hybridized carbons (Fsp3) is 0.318. The maximum Gasteiger partial charge on any atom is 0.253 e. The van der Waals surface area contributed by atoms with E-state index in [9.17, 15) is 13.2 Å². The van der Waals surface area contributed by atoms with Crippen molar-refractivity contribution >= 4 is 22.0 Å². The van der Waals surface area contributed by atoms with Gasteiger partial charge in [-0.15, -0.1) is 0 Å². The van der Waals surface area contributed by atoms with Crippen molar-refractivity contribution in [3.05, 3.63) is 76.7 Å². The molecule has 0 atom stereocenters. The lowest BCUT2D eigenvalue weighted by molar-refractivity contribution is 0.0698. The first-order valence-corrected chi connectivity index (χ1v) is 11.0. The average Bonchev–Trinajstić information content (AvgIpc) is 2.73. The Labute approximate surface area is 167 Å². The zero-order chi connectivity index (χ0) is 20.1. The summed E-state index contributed by atoms with van der Waals surface area (Å²) < 4.78 is 26.5. The van der Waals surface area contributed by atoms with E-state index >= 15 is 0 Å². The van der Waals surface area contributed by atoms with Crippen molar-refractivity contribution in [1.82, 2.24) is 9.21 Å². The highest BCUT2D eigenvalue weighted by Crippen LogP contribution is 2.17. The molecule has 1 aliphatic heterocycles. The van der Waals surface area contributed by atoms with Crippen molar-refractivity contribution in [2.24, 2.45) is 0 Å². The largest absolute Gasteiger partial charge is 0.336 e. The Morgan fingerprint density at radius 2 is 1.54 bits per heavy atom. The fourth-order valence-electron chi connectivity index (χ4n) is 3.15. The van der Waals surface area contributed by atoms with Crippen molar-refractivity contribution in [2.75, 3.05) is 26.2 Å². The van der Waals surface area contributed by atoms with E-state index in [1.807, 2.05) is 54.6 Å². The Hall–Kier alpha value is -2.44. The maximum atomic E-state index is 12.7. The van der Waals surface area contributed by atoms with Gasteiger partial charge in [-0.3, -0.25) is 4.79 Å². The monoisotopic (exact) mass is 398 g/mol. The highest BCUT2D eigenvalue weighted by atomic mass is 32.2. The van der Waals surface area contributed by atoms with E-state index < -0.39 is 10.0 Å².